The Kier molecular flexibility index (Phi) is 4.62. The second-order valence-electron chi connectivity index (χ2n) is 4.98. The first-order valence-corrected chi connectivity index (χ1v) is 8.73. The first-order chi connectivity index (χ1) is 11.0. The maximum Gasteiger partial charge on any atom is 0.352 e. The van der Waals surface area contributed by atoms with E-state index in [1.54, 1.807) is 18.0 Å². The van der Waals surface area contributed by atoms with Crippen molar-refractivity contribution < 1.29 is 19.4 Å². The predicted molar refractivity (Wildman–Crippen MR) is 83.5 cm³/mol. The molecule has 3 N–H and O–H groups in total. The van der Waals surface area contributed by atoms with Crippen molar-refractivity contribution >= 4 is 35.4 Å². The van der Waals surface area contributed by atoms with Crippen molar-refractivity contribution in [3.8, 4) is 0 Å². The standard InChI is InChI=1S/C12H15N5O4S2/c1-21-5-16-4-14-15-12(16)23-3-6-2-22-10-7(13)9(18)17(10)8(6)11(19)20/h4,7,10H,2-3,5,13H2,1H3,(H,19,20)/t7?,10-/m0/s1. The number of carbonyl (C=O) groups excluding carboxylic acids is 1. The molecule has 1 amide bonds. The fourth-order valence-corrected chi connectivity index (χ4v) is 4.76. The van der Waals surface area contributed by atoms with Gasteiger partial charge in [-0.1, -0.05) is 11.8 Å². The van der Waals surface area contributed by atoms with E-state index in [-0.39, 0.29) is 17.0 Å². The molecule has 124 valence electrons. The molecule has 0 radical (unpaired) electrons. The molecule has 0 bridgehead atoms. The fourth-order valence-electron chi connectivity index (χ4n) is 2.43. The number of carbonyl (C=O) groups is 2. The molecule has 23 heavy (non-hydrogen) atoms. The van der Waals surface area contributed by atoms with Crippen LogP contribution in [0, 0.1) is 0 Å². The maximum absolute atomic E-state index is 11.9. The van der Waals surface area contributed by atoms with Gasteiger partial charge in [-0.2, -0.15) is 0 Å². The Morgan fingerprint density at radius 1 is 1.65 bits per heavy atom. The lowest BCUT2D eigenvalue weighted by molar-refractivity contribution is -0.147. The third-order valence-electron chi connectivity index (χ3n) is 3.51. The van der Waals surface area contributed by atoms with Gasteiger partial charge in [-0.15, -0.1) is 22.0 Å². The molecule has 0 saturated carbocycles. The van der Waals surface area contributed by atoms with Crippen LogP contribution in [-0.4, -0.2) is 66.7 Å². The summed E-state index contributed by atoms with van der Waals surface area (Å²) in [6, 6.07) is -0.617. The van der Waals surface area contributed by atoms with Crippen LogP contribution in [-0.2, 0) is 21.1 Å². The Morgan fingerprint density at radius 3 is 3.13 bits per heavy atom. The molecule has 2 atom stereocenters. The number of rotatable bonds is 6. The van der Waals surface area contributed by atoms with Gasteiger partial charge in [-0.3, -0.25) is 14.3 Å². The van der Waals surface area contributed by atoms with Crippen molar-refractivity contribution in [3.05, 3.63) is 17.6 Å². The van der Waals surface area contributed by atoms with Crippen molar-refractivity contribution in [1.29, 1.82) is 0 Å². The molecule has 3 heterocycles. The zero-order valence-corrected chi connectivity index (χ0v) is 13.8. The van der Waals surface area contributed by atoms with E-state index in [1.807, 2.05) is 0 Å². The number of methoxy groups -OCH3 is 1. The normalized spacial score (nSPS) is 23.7. The lowest BCUT2D eigenvalue weighted by atomic mass is 10.0. The van der Waals surface area contributed by atoms with Crippen LogP contribution in [0.15, 0.2) is 22.8 Å². The van der Waals surface area contributed by atoms with Crippen LogP contribution in [0.2, 0.25) is 0 Å². The minimum absolute atomic E-state index is 0.0470. The van der Waals surface area contributed by atoms with Crippen LogP contribution < -0.4 is 5.73 Å². The number of hydrogen-bond donors (Lipinski definition) is 2. The summed E-state index contributed by atoms with van der Waals surface area (Å²) in [6.45, 7) is 0.316. The van der Waals surface area contributed by atoms with Crippen molar-refractivity contribution in [2.45, 2.75) is 23.3 Å². The maximum atomic E-state index is 11.9. The monoisotopic (exact) mass is 357 g/mol. The Morgan fingerprint density at radius 2 is 2.43 bits per heavy atom. The minimum atomic E-state index is -1.11. The molecular weight excluding hydrogens is 342 g/mol. The van der Waals surface area contributed by atoms with E-state index in [9.17, 15) is 14.7 Å². The molecule has 1 aromatic heterocycles. The second kappa shape index (κ2) is 6.51. The summed E-state index contributed by atoms with van der Waals surface area (Å²) in [6.07, 6.45) is 1.54. The number of nitrogens with zero attached hydrogens (tertiary/aromatic N) is 4. The average Bonchev–Trinajstić information content (AvgIpc) is 2.98. The van der Waals surface area contributed by atoms with E-state index < -0.39 is 12.0 Å². The van der Waals surface area contributed by atoms with Gasteiger partial charge in [-0.25, -0.2) is 4.79 Å². The number of fused-ring (bicyclic) bond motifs is 1. The van der Waals surface area contributed by atoms with Crippen molar-refractivity contribution in [3.63, 3.8) is 0 Å². The Balaban J connectivity index is 1.78. The number of nitrogens with two attached hydrogens (primary N) is 1. The SMILES string of the molecule is COCn1cnnc1SCC1=C(C(=O)O)N2C(=O)C(N)[C@@H]2SC1. The molecule has 1 unspecified atom stereocenters. The van der Waals surface area contributed by atoms with Gasteiger partial charge in [0, 0.05) is 18.6 Å². The van der Waals surface area contributed by atoms with Gasteiger partial charge in [0.25, 0.3) is 0 Å². The topological polar surface area (TPSA) is 124 Å². The summed E-state index contributed by atoms with van der Waals surface area (Å²) in [4.78, 5) is 24.7. The highest BCUT2D eigenvalue weighted by atomic mass is 32.2. The number of β-lactam (4-membered cyclic amide) rings is 1. The molecule has 0 aromatic carbocycles. The highest BCUT2D eigenvalue weighted by molar-refractivity contribution is 8.01. The first kappa shape index (κ1) is 16.3. The third-order valence-corrected chi connectivity index (χ3v) is 5.94. The van der Waals surface area contributed by atoms with E-state index >= 15 is 0 Å². The molecule has 0 spiro atoms. The number of aromatic nitrogens is 3. The van der Waals surface area contributed by atoms with Crippen molar-refractivity contribution in [2.75, 3.05) is 18.6 Å². The zero-order valence-electron chi connectivity index (χ0n) is 12.2. The molecule has 11 heteroatoms. The quantitative estimate of drug-likeness (QED) is 0.515. The lowest BCUT2D eigenvalue weighted by Gasteiger charge is -2.48. The van der Waals surface area contributed by atoms with Crippen LogP contribution in [0.1, 0.15) is 0 Å². The van der Waals surface area contributed by atoms with E-state index in [2.05, 4.69) is 10.2 Å². The molecule has 2 aliphatic heterocycles. The molecule has 1 fully saturated rings. The van der Waals surface area contributed by atoms with Gasteiger partial charge < -0.3 is 15.6 Å². The van der Waals surface area contributed by atoms with Gasteiger partial charge in [0.1, 0.15) is 30.2 Å². The number of thioether (sulfide) groups is 2. The number of aliphatic carboxylic acids is 1. The lowest BCUT2D eigenvalue weighted by Crippen LogP contribution is -2.68. The smallest absolute Gasteiger partial charge is 0.352 e. The zero-order chi connectivity index (χ0) is 16.6. The van der Waals surface area contributed by atoms with Gasteiger partial charge in [0.2, 0.25) is 5.91 Å². The van der Waals surface area contributed by atoms with Crippen LogP contribution in [0.5, 0.6) is 0 Å². The molecule has 3 rings (SSSR count). The Labute approximate surface area is 140 Å². The Hall–Kier alpha value is -1.56. The number of hydrogen-bond acceptors (Lipinski definition) is 8. The Bertz CT molecular complexity index is 676. The molecule has 2 aliphatic rings. The van der Waals surface area contributed by atoms with Gasteiger partial charge in [0.05, 0.1) is 0 Å². The molecule has 1 saturated heterocycles. The summed E-state index contributed by atoms with van der Waals surface area (Å²) in [7, 11) is 1.57. The largest absolute Gasteiger partial charge is 0.477 e. The van der Waals surface area contributed by atoms with Crippen LogP contribution in [0.3, 0.4) is 0 Å². The fraction of sp³-hybridized carbons (Fsp3) is 0.500. The summed E-state index contributed by atoms with van der Waals surface area (Å²) in [5.41, 5.74) is 6.44. The second-order valence-corrected chi connectivity index (χ2v) is 7.03. The minimum Gasteiger partial charge on any atom is -0.477 e. The molecule has 0 aliphatic carbocycles. The van der Waals surface area contributed by atoms with E-state index in [4.69, 9.17) is 10.5 Å². The van der Waals surface area contributed by atoms with E-state index in [0.717, 1.165) is 0 Å². The number of carboxylic acid groups (broad SMARTS) is 1. The van der Waals surface area contributed by atoms with Gasteiger partial charge >= 0.3 is 5.97 Å². The predicted octanol–water partition coefficient (Wildman–Crippen LogP) is -0.445. The summed E-state index contributed by atoms with van der Waals surface area (Å²) in [5.74, 6) is -0.521. The van der Waals surface area contributed by atoms with Crippen molar-refractivity contribution in [1.82, 2.24) is 19.7 Å². The van der Waals surface area contributed by atoms with Crippen LogP contribution in [0.25, 0.3) is 0 Å². The number of carboxylic acids is 1. The number of ether oxygens (including phenoxy) is 1. The van der Waals surface area contributed by atoms with Crippen LogP contribution >= 0.6 is 23.5 Å². The molecular formula is C12H15N5O4S2. The van der Waals surface area contributed by atoms with E-state index in [0.29, 0.717) is 29.0 Å². The van der Waals surface area contributed by atoms with Gasteiger partial charge in [0.15, 0.2) is 5.16 Å². The summed E-state index contributed by atoms with van der Waals surface area (Å²) in [5, 5.41) is 17.6. The molecule has 9 nitrogen and oxygen atoms in total. The van der Waals surface area contributed by atoms with Crippen LogP contribution in [0.4, 0.5) is 0 Å². The molecule has 1 aromatic rings. The summed E-state index contributed by atoms with van der Waals surface area (Å²) < 4.78 is 6.75. The number of amides is 1. The summed E-state index contributed by atoms with van der Waals surface area (Å²) >= 11 is 2.84. The van der Waals surface area contributed by atoms with E-state index in [1.165, 1.54) is 28.4 Å². The highest BCUT2D eigenvalue weighted by Gasteiger charge is 2.51. The first-order valence-electron chi connectivity index (χ1n) is 6.69. The van der Waals surface area contributed by atoms with Gasteiger partial charge in [-0.05, 0) is 5.57 Å². The third kappa shape index (κ3) is 2.84. The average molecular weight is 357 g/mol. The highest BCUT2D eigenvalue weighted by Crippen LogP contribution is 2.40. The van der Waals surface area contributed by atoms with Crippen molar-refractivity contribution in [2.24, 2.45) is 5.73 Å².